The van der Waals surface area contributed by atoms with Crippen molar-refractivity contribution in [2.45, 2.75) is 39.5 Å². The highest BCUT2D eigenvalue weighted by molar-refractivity contribution is 5.42. The molecule has 4 nitrogen and oxygen atoms in total. The van der Waals surface area contributed by atoms with Gasteiger partial charge in [0.15, 0.2) is 0 Å². The van der Waals surface area contributed by atoms with E-state index in [9.17, 15) is 0 Å². The number of aromatic nitrogens is 2. The molecule has 21 heavy (non-hydrogen) atoms. The Morgan fingerprint density at radius 3 is 2.48 bits per heavy atom. The van der Waals surface area contributed by atoms with E-state index in [0.29, 0.717) is 5.88 Å². The standard InChI is InChI=1S/C17H23N3O/c1-6-12-9-7-8-10-13(12)21-15-11-14(18-5)19-16(20-15)17(2,3)4/h7-11H,6H2,1-5H3,(H,18,19,20). The van der Waals surface area contributed by atoms with Crippen LogP contribution in [0.5, 0.6) is 11.6 Å². The molecule has 1 N–H and O–H groups in total. The molecule has 0 aliphatic heterocycles. The predicted molar refractivity (Wildman–Crippen MR) is 86.2 cm³/mol. The Labute approximate surface area is 126 Å². The Bertz CT molecular complexity index is 618. The molecule has 1 aromatic carbocycles. The summed E-state index contributed by atoms with van der Waals surface area (Å²) in [6.45, 7) is 8.38. The van der Waals surface area contributed by atoms with Crippen LogP contribution in [0.3, 0.4) is 0 Å². The molecular formula is C17H23N3O. The van der Waals surface area contributed by atoms with Gasteiger partial charge in [-0.1, -0.05) is 45.9 Å². The number of para-hydroxylation sites is 1. The van der Waals surface area contributed by atoms with Gasteiger partial charge in [-0.2, -0.15) is 4.98 Å². The van der Waals surface area contributed by atoms with Gasteiger partial charge in [0.1, 0.15) is 17.4 Å². The van der Waals surface area contributed by atoms with Crippen molar-refractivity contribution in [2.75, 3.05) is 12.4 Å². The van der Waals surface area contributed by atoms with Crippen LogP contribution in [0.1, 0.15) is 39.1 Å². The van der Waals surface area contributed by atoms with Crippen LogP contribution in [-0.2, 0) is 11.8 Å². The minimum absolute atomic E-state index is 0.130. The van der Waals surface area contributed by atoms with Gasteiger partial charge in [-0.25, -0.2) is 4.98 Å². The molecule has 0 aliphatic carbocycles. The van der Waals surface area contributed by atoms with E-state index in [1.54, 1.807) is 0 Å². The van der Waals surface area contributed by atoms with Crippen LogP contribution in [0.4, 0.5) is 5.82 Å². The average Bonchev–Trinajstić information content (AvgIpc) is 2.46. The summed E-state index contributed by atoms with van der Waals surface area (Å²) in [7, 11) is 1.85. The first-order valence-electron chi connectivity index (χ1n) is 7.27. The molecule has 1 heterocycles. The number of nitrogens with zero attached hydrogens (tertiary/aromatic N) is 2. The molecule has 4 heteroatoms. The lowest BCUT2D eigenvalue weighted by atomic mass is 9.96. The van der Waals surface area contributed by atoms with E-state index in [1.807, 2.05) is 31.3 Å². The third-order valence-electron chi connectivity index (χ3n) is 3.20. The van der Waals surface area contributed by atoms with Crippen molar-refractivity contribution in [1.82, 2.24) is 9.97 Å². The molecule has 1 aromatic heterocycles. The van der Waals surface area contributed by atoms with Gasteiger partial charge in [0.05, 0.1) is 0 Å². The Hall–Kier alpha value is -2.10. The van der Waals surface area contributed by atoms with E-state index in [4.69, 9.17) is 4.74 Å². The number of hydrogen-bond donors (Lipinski definition) is 1. The number of aryl methyl sites for hydroxylation is 1. The van der Waals surface area contributed by atoms with E-state index < -0.39 is 0 Å². The van der Waals surface area contributed by atoms with Crippen molar-refractivity contribution >= 4 is 5.82 Å². The molecule has 0 saturated carbocycles. The van der Waals surface area contributed by atoms with Crippen molar-refractivity contribution < 1.29 is 4.74 Å². The van der Waals surface area contributed by atoms with Crippen molar-refractivity contribution in [1.29, 1.82) is 0 Å². The molecule has 2 rings (SSSR count). The maximum Gasteiger partial charge on any atom is 0.224 e. The SMILES string of the molecule is CCc1ccccc1Oc1cc(NC)nc(C(C)(C)C)n1. The number of benzene rings is 1. The smallest absolute Gasteiger partial charge is 0.224 e. The monoisotopic (exact) mass is 285 g/mol. The number of ether oxygens (including phenoxy) is 1. The molecular weight excluding hydrogens is 262 g/mol. The van der Waals surface area contributed by atoms with E-state index in [2.05, 4.69) is 49.0 Å². The zero-order valence-corrected chi connectivity index (χ0v) is 13.4. The fourth-order valence-corrected chi connectivity index (χ4v) is 1.95. The first kappa shape index (κ1) is 15.3. The molecule has 0 fully saturated rings. The fourth-order valence-electron chi connectivity index (χ4n) is 1.95. The molecule has 0 atom stereocenters. The maximum atomic E-state index is 5.99. The summed E-state index contributed by atoms with van der Waals surface area (Å²) in [6, 6.07) is 9.85. The van der Waals surface area contributed by atoms with Crippen LogP contribution >= 0.6 is 0 Å². The van der Waals surface area contributed by atoms with Crippen molar-refractivity contribution in [2.24, 2.45) is 0 Å². The zero-order valence-electron chi connectivity index (χ0n) is 13.4. The lowest BCUT2D eigenvalue weighted by Gasteiger charge is -2.18. The molecule has 0 saturated heterocycles. The van der Waals surface area contributed by atoms with Gasteiger partial charge in [-0.15, -0.1) is 0 Å². The van der Waals surface area contributed by atoms with Gasteiger partial charge in [0.2, 0.25) is 5.88 Å². The van der Waals surface area contributed by atoms with Gasteiger partial charge in [-0.05, 0) is 18.1 Å². The van der Waals surface area contributed by atoms with E-state index in [0.717, 1.165) is 23.8 Å². The van der Waals surface area contributed by atoms with Gasteiger partial charge < -0.3 is 10.1 Å². The highest BCUT2D eigenvalue weighted by atomic mass is 16.5. The molecule has 0 radical (unpaired) electrons. The minimum atomic E-state index is -0.130. The first-order valence-corrected chi connectivity index (χ1v) is 7.27. The number of rotatable bonds is 4. The zero-order chi connectivity index (χ0) is 15.5. The summed E-state index contributed by atoms with van der Waals surface area (Å²) in [6.07, 6.45) is 0.923. The van der Waals surface area contributed by atoms with E-state index in [-0.39, 0.29) is 5.41 Å². The van der Waals surface area contributed by atoms with Crippen LogP contribution < -0.4 is 10.1 Å². The topological polar surface area (TPSA) is 47.0 Å². The lowest BCUT2D eigenvalue weighted by Crippen LogP contribution is -2.17. The average molecular weight is 285 g/mol. The molecule has 0 amide bonds. The molecule has 0 aliphatic rings. The normalized spacial score (nSPS) is 11.3. The number of hydrogen-bond acceptors (Lipinski definition) is 4. The summed E-state index contributed by atoms with van der Waals surface area (Å²) in [5.41, 5.74) is 1.04. The van der Waals surface area contributed by atoms with Crippen LogP contribution in [0.15, 0.2) is 30.3 Å². The number of anilines is 1. The van der Waals surface area contributed by atoms with Crippen LogP contribution in [0.25, 0.3) is 0 Å². The fraction of sp³-hybridized carbons (Fsp3) is 0.412. The Morgan fingerprint density at radius 2 is 1.86 bits per heavy atom. The van der Waals surface area contributed by atoms with Crippen molar-refractivity contribution in [3.8, 4) is 11.6 Å². The maximum absolute atomic E-state index is 5.99. The number of nitrogens with one attached hydrogen (secondary N) is 1. The van der Waals surface area contributed by atoms with Crippen LogP contribution in [-0.4, -0.2) is 17.0 Å². The summed E-state index contributed by atoms with van der Waals surface area (Å²) < 4.78 is 5.99. The lowest BCUT2D eigenvalue weighted by molar-refractivity contribution is 0.442. The van der Waals surface area contributed by atoms with Crippen LogP contribution in [0, 0.1) is 0 Å². The summed E-state index contributed by atoms with van der Waals surface area (Å²) in [5.74, 6) is 2.94. The second-order valence-electron chi connectivity index (χ2n) is 5.98. The second-order valence-corrected chi connectivity index (χ2v) is 5.98. The second kappa shape index (κ2) is 6.12. The molecule has 0 unspecified atom stereocenters. The Kier molecular flexibility index (Phi) is 4.46. The van der Waals surface area contributed by atoms with E-state index in [1.165, 1.54) is 5.56 Å². The van der Waals surface area contributed by atoms with Gasteiger partial charge in [-0.3, -0.25) is 0 Å². The van der Waals surface area contributed by atoms with Crippen molar-refractivity contribution in [3.05, 3.63) is 41.7 Å². The molecule has 112 valence electrons. The predicted octanol–water partition coefficient (Wildman–Crippen LogP) is 4.17. The third-order valence-corrected chi connectivity index (χ3v) is 3.20. The Balaban J connectivity index is 2.39. The minimum Gasteiger partial charge on any atom is -0.439 e. The van der Waals surface area contributed by atoms with Gasteiger partial charge >= 0.3 is 0 Å². The molecule has 2 aromatic rings. The summed E-state index contributed by atoms with van der Waals surface area (Å²) in [5, 5.41) is 3.06. The first-order chi connectivity index (χ1) is 9.94. The van der Waals surface area contributed by atoms with E-state index >= 15 is 0 Å². The summed E-state index contributed by atoms with van der Waals surface area (Å²) >= 11 is 0. The van der Waals surface area contributed by atoms with Crippen molar-refractivity contribution in [3.63, 3.8) is 0 Å². The molecule has 0 spiro atoms. The highest BCUT2D eigenvalue weighted by Crippen LogP contribution is 2.28. The largest absolute Gasteiger partial charge is 0.439 e. The van der Waals surface area contributed by atoms with Crippen LogP contribution in [0.2, 0.25) is 0 Å². The Morgan fingerprint density at radius 1 is 1.14 bits per heavy atom. The third kappa shape index (κ3) is 3.72. The van der Waals surface area contributed by atoms with Gasteiger partial charge in [0, 0.05) is 18.5 Å². The highest BCUT2D eigenvalue weighted by Gasteiger charge is 2.19. The molecule has 0 bridgehead atoms. The quantitative estimate of drug-likeness (QED) is 0.915. The van der Waals surface area contributed by atoms with Gasteiger partial charge in [0.25, 0.3) is 0 Å². The summed E-state index contributed by atoms with van der Waals surface area (Å²) in [4.78, 5) is 9.06.